The quantitative estimate of drug-likeness (QED) is 0.102. The highest BCUT2D eigenvalue weighted by Gasteiger charge is 2.52. The lowest BCUT2D eigenvalue weighted by atomic mass is 9.97. The van der Waals surface area contributed by atoms with Gasteiger partial charge in [0.15, 0.2) is 24.1 Å². The zero-order valence-corrected chi connectivity index (χ0v) is 27.3. The zero-order chi connectivity index (χ0) is 37.6. The van der Waals surface area contributed by atoms with Gasteiger partial charge in [-0.3, -0.25) is 4.79 Å². The molecule has 0 spiro atoms. The number of benzene rings is 2. The molecule has 6 unspecified atom stereocenters. The molecule has 0 aliphatic carbocycles. The molecule has 15 atom stereocenters. The van der Waals surface area contributed by atoms with Gasteiger partial charge in [-0.15, -0.1) is 0 Å². The number of aliphatic hydroxyl groups is 9. The number of rotatable bonds is 9. The molecule has 3 saturated heterocycles. The van der Waals surface area contributed by atoms with E-state index >= 15 is 0 Å². The van der Waals surface area contributed by atoms with Crippen LogP contribution in [0.15, 0.2) is 51.7 Å². The van der Waals surface area contributed by atoms with Crippen molar-refractivity contribution in [3.63, 3.8) is 0 Å². The molecular formula is C33H40O19. The molecule has 0 bridgehead atoms. The first-order valence-electron chi connectivity index (χ1n) is 16.2. The van der Waals surface area contributed by atoms with Gasteiger partial charge < -0.3 is 89.0 Å². The lowest BCUT2D eigenvalue weighted by molar-refractivity contribution is -0.360. The second-order valence-electron chi connectivity index (χ2n) is 12.8. The molecule has 0 saturated carbocycles. The third kappa shape index (κ3) is 7.47. The van der Waals surface area contributed by atoms with Crippen LogP contribution in [0.1, 0.15) is 6.92 Å². The smallest absolute Gasteiger partial charge is 0.229 e. The number of phenols is 2. The summed E-state index contributed by atoms with van der Waals surface area (Å²) in [6.07, 6.45) is -24.8. The first kappa shape index (κ1) is 38.2. The summed E-state index contributed by atoms with van der Waals surface area (Å²) in [5.41, 5.74) is -0.358. The van der Waals surface area contributed by atoms with Crippen molar-refractivity contribution in [2.24, 2.45) is 0 Å². The molecule has 0 amide bonds. The summed E-state index contributed by atoms with van der Waals surface area (Å²) in [5.74, 6) is -0.751. The van der Waals surface area contributed by atoms with Crippen molar-refractivity contribution in [1.82, 2.24) is 0 Å². The number of aromatic hydroxyl groups is 2. The van der Waals surface area contributed by atoms with Crippen LogP contribution in [-0.2, 0) is 23.7 Å². The van der Waals surface area contributed by atoms with Crippen molar-refractivity contribution < 1.29 is 89.0 Å². The highest BCUT2D eigenvalue weighted by atomic mass is 16.8. The SMILES string of the molecule is CC1O[C@@H](OC2[C@H](Oc3cc(O)c4c(=O)cc(-c5ccc(O)cc5)oc4c3)OC(CO[C@@H]3OC(CO)[C@@H](O)[C@H](O)C3O)[C@@H](O)[C@@H]2O)[C@@H](O)C(O)[C@H]1O. The first-order valence-corrected chi connectivity index (χ1v) is 16.2. The minimum Gasteiger partial charge on any atom is -0.508 e. The van der Waals surface area contributed by atoms with Crippen molar-refractivity contribution >= 4 is 11.0 Å². The van der Waals surface area contributed by atoms with E-state index in [2.05, 4.69) is 0 Å². The third-order valence-electron chi connectivity index (χ3n) is 9.20. The number of phenolic OH excluding ortho intramolecular Hbond substituents is 2. The van der Waals surface area contributed by atoms with Crippen molar-refractivity contribution in [2.45, 2.75) is 99.0 Å². The minimum absolute atomic E-state index is 0.0278. The summed E-state index contributed by atoms with van der Waals surface area (Å²) < 4.78 is 39.9. The topological polar surface area (TPSA) is 308 Å². The molecule has 0 radical (unpaired) electrons. The lowest BCUT2D eigenvalue weighted by Crippen LogP contribution is -2.65. The predicted molar refractivity (Wildman–Crippen MR) is 169 cm³/mol. The highest BCUT2D eigenvalue weighted by Crippen LogP contribution is 2.35. The molecule has 6 rings (SSSR count). The maximum Gasteiger partial charge on any atom is 0.229 e. The summed E-state index contributed by atoms with van der Waals surface area (Å²) in [5, 5.41) is 114. The van der Waals surface area contributed by atoms with E-state index in [0.29, 0.717) is 5.56 Å². The predicted octanol–water partition coefficient (Wildman–Crippen LogP) is -3.27. The molecule has 19 nitrogen and oxygen atoms in total. The Morgan fingerprint density at radius 1 is 0.692 bits per heavy atom. The van der Waals surface area contributed by atoms with E-state index in [0.717, 1.165) is 12.1 Å². The standard InChI is InChI=1S/C33H40O19/c1-11-22(38)25(41)29(45)32(47-11)52-30-27(43)24(40)20(10-46-31-28(44)26(42)23(39)19(9-34)50-31)51-33(30)48-14-6-15(36)21-16(37)8-17(49-18(21)7-14)12-2-4-13(35)5-3-12/h2-8,11,19-20,22-36,38-45H,9-10H2,1H3/t11?,19?,20?,22-,23+,24+,25?,26-,27-,28?,29-,30?,31+,32-,33+/m0/s1. The Morgan fingerprint density at radius 2 is 1.33 bits per heavy atom. The number of aliphatic hydroxyl groups excluding tert-OH is 9. The monoisotopic (exact) mass is 740 g/mol. The van der Waals surface area contributed by atoms with Crippen LogP contribution in [0.2, 0.25) is 0 Å². The Hall–Kier alpha value is -3.51. The number of ether oxygens (including phenoxy) is 6. The van der Waals surface area contributed by atoms with Crippen LogP contribution in [-0.4, -0.2) is 162 Å². The number of hydrogen-bond donors (Lipinski definition) is 11. The fourth-order valence-electron chi connectivity index (χ4n) is 6.17. The molecule has 3 aromatic rings. The lowest BCUT2D eigenvalue weighted by Gasteiger charge is -2.46. The Bertz CT molecular complexity index is 1730. The molecule has 286 valence electrons. The maximum absolute atomic E-state index is 13.0. The van der Waals surface area contributed by atoms with Crippen molar-refractivity contribution in [1.29, 1.82) is 0 Å². The van der Waals surface area contributed by atoms with Crippen LogP contribution in [0.4, 0.5) is 0 Å². The van der Waals surface area contributed by atoms with Crippen LogP contribution in [0.5, 0.6) is 17.2 Å². The Balaban J connectivity index is 1.30. The van der Waals surface area contributed by atoms with Crippen molar-refractivity contribution in [3.8, 4) is 28.6 Å². The van der Waals surface area contributed by atoms with E-state index in [-0.39, 0.29) is 28.2 Å². The summed E-state index contributed by atoms with van der Waals surface area (Å²) in [7, 11) is 0. The van der Waals surface area contributed by atoms with Gasteiger partial charge in [0.05, 0.1) is 19.3 Å². The highest BCUT2D eigenvalue weighted by molar-refractivity contribution is 5.86. The van der Waals surface area contributed by atoms with Crippen LogP contribution in [0, 0.1) is 0 Å². The van der Waals surface area contributed by atoms with Gasteiger partial charge in [0.2, 0.25) is 6.29 Å². The van der Waals surface area contributed by atoms with E-state index in [1.807, 2.05) is 0 Å². The molecule has 3 fully saturated rings. The first-order chi connectivity index (χ1) is 24.7. The summed E-state index contributed by atoms with van der Waals surface area (Å²) in [6.45, 7) is -0.0152. The molecule has 1 aromatic heterocycles. The van der Waals surface area contributed by atoms with Crippen LogP contribution >= 0.6 is 0 Å². The van der Waals surface area contributed by atoms with Crippen LogP contribution in [0.3, 0.4) is 0 Å². The molecule has 2 aromatic carbocycles. The van der Waals surface area contributed by atoms with Crippen molar-refractivity contribution in [3.05, 3.63) is 52.7 Å². The molecule has 19 heteroatoms. The van der Waals surface area contributed by atoms with E-state index < -0.39 is 117 Å². The third-order valence-corrected chi connectivity index (χ3v) is 9.20. The molecule has 3 aliphatic rings. The normalized spacial score (nSPS) is 38.3. The summed E-state index contributed by atoms with van der Waals surface area (Å²) in [4.78, 5) is 13.0. The maximum atomic E-state index is 13.0. The molecule has 4 heterocycles. The van der Waals surface area contributed by atoms with Crippen molar-refractivity contribution in [2.75, 3.05) is 13.2 Å². The van der Waals surface area contributed by atoms with Crippen LogP contribution < -0.4 is 10.2 Å². The summed E-state index contributed by atoms with van der Waals surface area (Å²) in [6, 6.07) is 9.13. The van der Waals surface area contributed by atoms with E-state index in [4.69, 9.17) is 32.8 Å². The van der Waals surface area contributed by atoms with Gasteiger partial charge in [-0.05, 0) is 31.2 Å². The Morgan fingerprint density at radius 3 is 2.02 bits per heavy atom. The fraction of sp³-hybridized carbons (Fsp3) is 0.545. The molecule has 3 aliphatic heterocycles. The minimum atomic E-state index is -1.93. The van der Waals surface area contributed by atoms with Gasteiger partial charge in [0.1, 0.15) is 95.0 Å². The van der Waals surface area contributed by atoms with E-state index in [1.54, 1.807) is 0 Å². The van der Waals surface area contributed by atoms with Gasteiger partial charge in [-0.1, -0.05) is 0 Å². The molecular weight excluding hydrogens is 700 g/mol. The average Bonchev–Trinajstić information content (AvgIpc) is 3.11. The average molecular weight is 741 g/mol. The molecule has 52 heavy (non-hydrogen) atoms. The Labute approximate surface area is 293 Å². The second-order valence-corrected chi connectivity index (χ2v) is 12.8. The van der Waals surface area contributed by atoms with Gasteiger partial charge in [-0.25, -0.2) is 0 Å². The van der Waals surface area contributed by atoms with Gasteiger partial charge in [-0.2, -0.15) is 0 Å². The van der Waals surface area contributed by atoms with E-state index in [1.165, 1.54) is 37.3 Å². The van der Waals surface area contributed by atoms with Gasteiger partial charge in [0.25, 0.3) is 0 Å². The number of fused-ring (bicyclic) bond motifs is 1. The summed E-state index contributed by atoms with van der Waals surface area (Å²) >= 11 is 0. The second kappa shape index (κ2) is 15.5. The zero-order valence-electron chi connectivity index (χ0n) is 27.3. The Kier molecular flexibility index (Phi) is 11.4. The number of hydrogen-bond acceptors (Lipinski definition) is 19. The fourth-order valence-corrected chi connectivity index (χ4v) is 6.17. The van der Waals surface area contributed by atoms with Gasteiger partial charge in [0, 0.05) is 23.8 Å². The van der Waals surface area contributed by atoms with E-state index in [9.17, 15) is 61.0 Å². The van der Waals surface area contributed by atoms with Gasteiger partial charge >= 0.3 is 0 Å². The van der Waals surface area contributed by atoms with Crippen LogP contribution in [0.25, 0.3) is 22.3 Å². The molecule has 11 N–H and O–H groups in total. The largest absolute Gasteiger partial charge is 0.508 e.